The topological polar surface area (TPSA) is 87.7 Å². The number of hydrogen-bond donors (Lipinski definition) is 3. The Morgan fingerprint density at radius 3 is 2.44 bits per heavy atom. The van der Waals surface area contributed by atoms with E-state index in [1.165, 1.54) is 6.08 Å². The van der Waals surface area contributed by atoms with Crippen molar-refractivity contribution < 1.29 is 19.4 Å². The zero-order chi connectivity index (χ0) is 19.5. The van der Waals surface area contributed by atoms with Gasteiger partial charge >= 0.3 is 12.0 Å². The zero-order valence-corrected chi connectivity index (χ0v) is 15.2. The van der Waals surface area contributed by atoms with E-state index in [0.29, 0.717) is 18.7 Å². The Labute approximate surface area is 158 Å². The first-order valence-electron chi connectivity index (χ1n) is 8.78. The van der Waals surface area contributed by atoms with Crippen LogP contribution >= 0.6 is 0 Å². The van der Waals surface area contributed by atoms with Gasteiger partial charge in [-0.2, -0.15) is 0 Å². The molecule has 0 saturated heterocycles. The van der Waals surface area contributed by atoms with Crippen molar-refractivity contribution in [3.63, 3.8) is 0 Å². The summed E-state index contributed by atoms with van der Waals surface area (Å²) >= 11 is 0. The summed E-state index contributed by atoms with van der Waals surface area (Å²) in [6.45, 7) is 1.93. The molecule has 6 nitrogen and oxygen atoms in total. The van der Waals surface area contributed by atoms with Crippen molar-refractivity contribution in [3.05, 3.63) is 71.8 Å². The molecule has 142 valence electrons. The molecule has 0 aliphatic carbocycles. The summed E-state index contributed by atoms with van der Waals surface area (Å²) in [4.78, 5) is 23.4. The lowest BCUT2D eigenvalue weighted by Gasteiger charge is -2.17. The van der Waals surface area contributed by atoms with E-state index >= 15 is 0 Å². The van der Waals surface area contributed by atoms with Crippen LogP contribution in [-0.2, 0) is 16.0 Å². The number of amides is 2. The minimum Gasteiger partial charge on any atom is -0.463 e. The Bertz CT molecular complexity index is 758. The quantitative estimate of drug-likeness (QED) is 0.494. The van der Waals surface area contributed by atoms with Gasteiger partial charge in [0.05, 0.1) is 19.3 Å². The Balaban J connectivity index is 1.86. The van der Waals surface area contributed by atoms with Crippen molar-refractivity contribution in [2.75, 3.05) is 18.5 Å². The minimum atomic E-state index is -0.396. The van der Waals surface area contributed by atoms with Gasteiger partial charge in [0.15, 0.2) is 0 Å². The van der Waals surface area contributed by atoms with Gasteiger partial charge in [-0.05, 0) is 42.7 Å². The molecule has 0 radical (unpaired) electrons. The largest absolute Gasteiger partial charge is 0.463 e. The lowest BCUT2D eigenvalue weighted by atomic mass is 10.1. The van der Waals surface area contributed by atoms with Gasteiger partial charge in [-0.25, -0.2) is 9.59 Å². The Morgan fingerprint density at radius 2 is 1.81 bits per heavy atom. The van der Waals surface area contributed by atoms with Crippen molar-refractivity contribution in [3.8, 4) is 0 Å². The molecule has 2 rings (SSSR count). The monoisotopic (exact) mass is 368 g/mol. The van der Waals surface area contributed by atoms with Crippen molar-refractivity contribution in [2.24, 2.45) is 0 Å². The highest BCUT2D eigenvalue weighted by atomic mass is 16.5. The highest BCUT2D eigenvalue weighted by molar-refractivity contribution is 5.90. The van der Waals surface area contributed by atoms with Crippen molar-refractivity contribution in [1.82, 2.24) is 5.32 Å². The number of rotatable bonds is 8. The maximum Gasteiger partial charge on any atom is 0.330 e. The number of urea groups is 1. The summed E-state index contributed by atoms with van der Waals surface area (Å²) in [5.74, 6) is -0.396. The predicted molar refractivity (Wildman–Crippen MR) is 105 cm³/mol. The Hall–Kier alpha value is -3.12. The van der Waals surface area contributed by atoms with Crippen LogP contribution in [0.1, 0.15) is 18.1 Å². The first kappa shape index (κ1) is 20.2. The number of carbonyl (C=O) groups is 2. The first-order valence-corrected chi connectivity index (χ1v) is 8.78. The normalized spacial score (nSPS) is 11.8. The molecule has 3 N–H and O–H groups in total. The van der Waals surface area contributed by atoms with Gasteiger partial charge < -0.3 is 20.5 Å². The van der Waals surface area contributed by atoms with Crippen LogP contribution < -0.4 is 10.6 Å². The maximum absolute atomic E-state index is 12.1. The van der Waals surface area contributed by atoms with Gasteiger partial charge in [-0.15, -0.1) is 0 Å². The second-order valence-electron chi connectivity index (χ2n) is 5.88. The third kappa shape index (κ3) is 7.33. The highest BCUT2D eigenvalue weighted by Gasteiger charge is 2.12. The van der Waals surface area contributed by atoms with Crippen molar-refractivity contribution in [2.45, 2.75) is 19.4 Å². The minimum absolute atomic E-state index is 0.153. The van der Waals surface area contributed by atoms with E-state index in [0.717, 1.165) is 11.1 Å². The fourth-order valence-corrected chi connectivity index (χ4v) is 2.44. The number of carbonyl (C=O) groups excluding carboxylic acids is 2. The second-order valence-corrected chi connectivity index (χ2v) is 5.88. The summed E-state index contributed by atoms with van der Waals surface area (Å²) in [7, 11) is 0. The molecule has 2 aromatic rings. The van der Waals surface area contributed by atoms with Crippen LogP contribution in [-0.4, -0.2) is 36.4 Å². The molecule has 0 heterocycles. The number of hydrogen-bond acceptors (Lipinski definition) is 4. The van der Waals surface area contributed by atoms with E-state index in [2.05, 4.69) is 10.6 Å². The lowest BCUT2D eigenvalue weighted by molar-refractivity contribution is -0.137. The molecule has 0 aromatic heterocycles. The van der Waals surface area contributed by atoms with Gasteiger partial charge in [0, 0.05) is 11.8 Å². The summed E-state index contributed by atoms with van der Waals surface area (Å²) in [5, 5.41) is 15.0. The summed E-state index contributed by atoms with van der Waals surface area (Å²) in [5.41, 5.74) is 2.46. The molecule has 0 bridgehead atoms. The summed E-state index contributed by atoms with van der Waals surface area (Å²) in [6.07, 6.45) is 3.54. The fourth-order valence-electron chi connectivity index (χ4n) is 2.44. The van der Waals surface area contributed by atoms with Crippen LogP contribution in [0.15, 0.2) is 60.7 Å². The summed E-state index contributed by atoms with van der Waals surface area (Å²) in [6, 6.07) is 15.9. The molecule has 0 aliphatic heterocycles. The molecule has 2 amide bonds. The van der Waals surface area contributed by atoms with E-state index in [1.54, 1.807) is 37.3 Å². The van der Waals surface area contributed by atoms with Gasteiger partial charge in [0.1, 0.15) is 0 Å². The van der Waals surface area contributed by atoms with Gasteiger partial charge in [-0.1, -0.05) is 42.5 Å². The van der Waals surface area contributed by atoms with Gasteiger partial charge in [-0.3, -0.25) is 0 Å². The number of aliphatic hydroxyl groups is 1. The Morgan fingerprint density at radius 1 is 1.11 bits per heavy atom. The average Bonchev–Trinajstić information content (AvgIpc) is 2.68. The fraction of sp³-hybridized carbons (Fsp3) is 0.238. The van der Waals surface area contributed by atoms with Crippen LogP contribution in [0.4, 0.5) is 10.5 Å². The third-order valence-electron chi connectivity index (χ3n) is 3.75. The molecule has 6 heteroatoms. The molecule has 27 heavy (non-hydrogen) atoms. The number of esters is 1. The number of nitrogens with one attached hydrogen (secondary N) is 2. The number of aliphatic hydroxyl groups excluding tert-OH is 1. The Kier molecular flexibility index (Phi) is 8.06. The maximum atomic E-state index is 12.1. The zero-order valence-electron chi connectivity index (χ0n) is 15.2. The molecule has 0 fully saturated rings. The molecule has 1 unspecified atom stereocenters. The van der Waals surface area contributed by atoms with E-state index < -0.39 is 5.97 Å². The van der Waals surface area contributed by atoms with Crippen LogP contribution in [0.5, 0.6) is 0 Å². The molecular formula is C21H24N2O4. The molecule has 0 saturated carbocycles. The predicted octanol–water partition coefficient (Wildman–Crippen LogP) is 2.99. The average molecular weight is 368 g/mol. The third-order valence-corrected chi connectivity index (χ3v) is 3.75. The number of ether oxygens (including phenoxy) is 1. The number of benzene rings is 2. The first-order chi connectivity index (χ1) is 13.1. The lowest BCUT2D eigenvalue weighted by Crippen LogP contribution is -2.41. The second kappa shape index (κ2) is 10.8. The molecule has 0 aliphatic rings. The van der Waals surface area contributed by atoms with Crippen LogP contribution in [0.3, 0.4) is 0 Å². The van der Waals surface area contributed by atoms with Crippen LogP contribution in [0.2, 0.25) is 0 Å². The van der Waals surface area contributed by atoms with E-state index in [1.807, 2.05) is 30.3 Å². The van der Waals surface area contributed by atoms with Crippen LogP contribution in [0, 0.1) is 0 Å². The smallest absolute Gasteiger partial charge is 0.330 e. The summed E-state index contributed by atoms with van der Waals surface area (Å²) < 4.78 is 4.82. The SMILES string of the molecule is CCOC(=O)/C=C/c1ccc(NC(=O)NC(CO)Cc2ccccc2)cc1. The van der Waals surface area contributed by atoms with Gasteiger partial charge in [0.25, 0.3) is 0 Å². The highest BCUT2D eigenvalue weighted by Crippen LogP contribution is 2.11. The molecule has 0 spiro atoms. The van der Waals surface area contributed by atoms with Crippen molar-refractivity contribution >= 4 is 23.8 Å². The van der Waals surface area contributed by atoms with E-state index in [4.69, 9.17) is 4.74 Å². The van der Waals surface area contributed by atoms with E-state index in [9.17, 15) is 14.7 Å². The van der Waals surface area contributed by atoms with Gasteiger partial charge in [0.2, 0.25) is 0 Å². The molecule has 2 aromatic carbocycles. The van der Waals surface area contributed by atoms with Crippen LogP contribution in [0.25, 0.3) is 6.08 Å². The molecular weight excluding hydrogens is 344 g/mol. The standard InChI is InChI=1S/C21H24N2O4/c1-2-27-20(25)13-10-16-8-11-18(12-9-16)22-21(26)23-19(15-24)14-17-6-4-3-5-7-17/h3-13,19,24H,2,14-15H2,1H3,(H2,22,23,26)/b13-10+. The van der Waals surface area contributed by atoms with Crippen molar-refractivity contribution in [1.29, 1.82) is 0 Å². The number of anilines is 1. The van der Waals surface area contributed by atoms with E-state index in [-0.39, 0.29) is 18.7 Å². The molecule has 1 atom stereocenters.